The highest BCUT2D eigenvalue weighted by Gasteiger charge is 2.30. The van der Waals surface area contributed by atoms with Gasteiger partial charge in [-0.2, -0.15) is 5.10 Å². The van der Waals surface area contributed by atoms with Crippen LogP contribution >= 0.6 is 0 Å². The Morgan fingerprint density at radius 1 is 1.42 bits per heavy atom. The number of halogens is 1. The van der Waals surface area contributed by atoms with Gasteiger partial charge in [-0.05, 0) is 30.9 Å². The van der Waals surface area contributed by atoms with Gasteiger partial charge in [-0.15, -0.1) is 0 Å². The number of rotatable bonds is 5. The Balaban J connectivity index is 1.69. The first kappa shape index (κ1) is 14.8. The summed E-state index contributed by atoms with van der Waals surface area (Å²) < 4.78 is 14.0. The normalized spacial score (nSPS) is 14.2. The first-order valence-electron chi connectivity index (χ1n) is 7.79. The number of nitrogens with zero attached hydrogens (tertiary/aromatic N) is 2. The van der Waals surface area contributed by atoms with Crippen molar-refractivity contribution in [3.63, 3.8) is 0 Å². The molecule has 1 aliphatic rings. The van der Waals surface area contributed by atoms with Gasteiger partial charge in [-0.25, -0.2) is 9.37 Å². The maximum Gasteiger partial charge on any atom is 0.227 e. The number of hydrogen-bond acceptors (Lipinski definition) is 4. The van der Waals surface area contributed by atoms with Crippen molar-refractivity contribution in [1.29, 1.82) is 0 Å². The molecule has 2 heterocycles. The van der Waals surface area contributed by atoms with Gasteiger partial charge in [0.05, 0.1) is 22.9 Å². The number of hydrogen-bond donors (Lipinski definition) is 4. The lowest BCUT2D eigenvalue weighted by Crippen LogP contribution is -2.13. The van der Waals surface area contributed by atoms with Crippen molar-refractivity contribution in [2.45, 2.75) is 19.3 Å². The molecule has 0 atom stereocenters. The van der Waals surface area contributed by atoms with E-state index in [0.29, 0.717) is 33.8 Å². The van der Waals surface area contributed by atoms with Gasteiger partial charge in [0.2, 0.25) is 5.91 Å². The monoisotopic (exact) mass is 329 g/mol. The van der Waals surface area contributed by atoms with E-state index in [-0.39, 0.29) is 24.9 Å². The second-order valence-corrected chi connectivity index (χ2v) is 5.94. The summed E-state index contributed by atoms with van der Waals surface area (Å²) in [5.74, 6) is 0.124. The number of anilines is 1. The Kier molecular flexibility index (Phi) is 3.53. The number of amides is 1. The van der Waals surface area contributed by atoms with E-state index in [9.17, 15) is 9.18 Å². The van der Waals surface area contributed by atoms with Gasteiger partial charge in [-0.1, -0.05) is 0 Å². The number of aromatic nitrogens is 4. The quantitative estimate of drug-likeness (QED) is 0.574. The Morgan fingerprint density at radius 2 is 2.25 bits per heavy atom. The van der Waals surface area contributed by atoms with Crippen molar-refractivity contribution in [3.05, 3.63) is 29.7 Å². The summed E-state index contributed by atoms with van der Waals surface area (Å²) in [7, 11) is 0. The van der Waals surface area contributed by atoms with Crippen LogP contribution < -0.4 is 5.32 Å². The summed E-state index contributed by atoms with van der Waals surface area (Å²) in [4.78, 5) is 19.4. The molecule has 2 aromatic heterocycles. The number of carbonyl (C=O) groups excluding carboxylic acids is 1. The number of benzene rings is 1. The Morgan fingerprint density at radius 3 is 3.00 bits per heavy atom. The number of fused-ring (bicyclic) bond motifs is 1. The second-order valence-electron chi connectivity index (χ2n) is 5.94. The maximum atomic E-state index is 14.0. The summed E-state index contributed by atoms with van der Waals surface area (Å²) in [5.41, 5.74) is 2.64. The molecule has 124 valence electrons. The predicted octanol–water partition coefficient (Wildman–Crippen LogP) is 1.98. The van der Waals surface area contributed by atoms with Crippen LogP contribution in [0.2, 0.25) is 0 Å². The molecule has 0 saturated heterocycles. The SMILES string of the molecule is O=C(Nc1cn[nH]c1-c1nc2cc(F)c(CCO)cc2[nH]1)C1CC1. The van der Waals surface area contributed by atoms with Gasteiger partial charge < -0.3 is 15.4 Å². The van der Waals surface area contributed by atoms with E-state index < -0.39 is 5.82 Å². The van der Waals surface area contributed by atoms with Crippen molar-refractivity contribution in [3.8, 4) is 11.5 Å². The van der Waals surface area contributed by atoms with Gasteiger partial charge in [0, 0.05) is 18.6 Å². The van der Waals surface area contributed by atoms with Crippen molar-refractivity contribution >= 4 is 22.6 Å². The molecule has 24 heavy (non-hydrogen) atoms. The number of nitrogens with one attached hydrogen (secondary N) is 3. The van der Waals surface area contributed by atoms with Crippen molar-refractivity contribution in [2.75, 3.05) is 11.9 Å². The Bertz CT molecular complexity index is 912. The molecule has 8 heteroatoms. The van der Waals surface area contributed by atoms with E-state index in [2.05, 4.69) is 25.5 Å². The first-order valence-corrected chi connectivity index (χ1v) is 7.79. The van der Waals surface area contributed by atoms with Gasteiger partial charge in [-0.3, -0.25) is 9.89 Å². The second kappa shape index (κ2) is 5.72. The van der Waals surface area contributed by atoms with Crippen LogP contribution in [0.1, 0.15) is 18.4 Å². The predicted molar refractivity (Wildman–Crippen MR) is 85.8 cm³/mol. The smallest absolute Gasteiger partial charge is 0.227 e. The molecule has 1 saturated carbocycles. The molecule has 1 aliphatic carbocycles. The molecule has 0 bridgehead atoms. The largest absolute Gasteiger partial charge is 0.396 e. The first-order chi connectivity index (χ1) is 11.7. The van der Waals surface area contributed by atoms with E-state index in [1.54, 1.807) is 6.07 Å². The number of aliphatic hydroxyl groups excluding tert-OH is 1. The van der Waals surface area contributed by atoms with Gasteiger partial charge in [0.15, 0.2) is 5.82 Å². The molecular weight excluding hydrogens is 313 g/mol. The molecule has 0 aliphatic heterocycles. The van der Waals surface area contributed by atoms with Crippen LogP contribution in [0, 0.1) is 11.7 Å². The van der Waals surface area contributed by atoms with E-state index in [1.165, 1.54) is 12.3 Å². The zero-order chi connectivity index (χ0) is 16.7. The fraction of sp³-hybridized carbons (Fsp3) is 0.312. The standard InChI is InChI=1S/C16H16FN5O2/c17-10-6-12-11(5-9(10)3-4-23)19-15(20-12)14-13(7-18-22-14)21-16(24)8-1-2-8/h5-8,23H,1-4H2,(H,18,22)(H,19,20)(H,21,24). The average Bonchev–Trinajstić information content (AvgIpc) is 3.19. The zero-order valence-electron chi connectivity index (χ0n) is 12.8. The number of imidazole rings is 1. The van der Waals surface area contributed by atoms with Crippen LogP contribution in [0.4, 0.5) is 10.1 Å². The molecule has 3 aromatic rings. The number of aliphatic hydroxyl groups is 1. The van der Waals surface area contributed by atoms with Crippen molar-refractivity contribution in [2.24, 2.45) is 5.92 Å². The minimum Gasteiger partial charge on any atom is -0.396 e. The maximum absolute atomic E-state index is 14.0. The highest BCUT2D eigenvalue weighted by Crippen LogP contribution is 2.32. The third kappa shape index (κ3) is 2.65. The minimum absolute atomic E-state index is 0.0231. The van der Waals surface area contributed by atoms with Crippen LogP contribution in [0.3, 0.4) is 0 Å². The Labute approximate surface area is 136 Å². The number of aromatic amines is 2. The molecule has 0 radical (unpaired) electrons. The van der Waals surface area contributed by atoms with Crippen LogP contribution in [0.15, 0.2) is 18.3 Å². The average molecular weight is 329 g/mol. The fourth-order valence-corrected chi connectivity index (χ4v) is 2.65. The summed E-state index contributed by atoms with van der Waals surface area (Å²) in [5, 5.41) is 18.6. The van der Waals surface area contributed by atoms with Gasteiger partial charge in [0.1, 0.15) is 11.5 Å². The molecule has 0 spiro atoms. The lowest BCUT2D eigenvalue weighted by Gasteiger charge is -2.02. The van der Waals surface area contributed by atoms with Crippen LogP contribution in [-0.4, -0.2) is 37.8 Å². The van der Waals surface area contributed by atoms with Crippen LogP contribution in [0.5, 0.6) is 0 Å². The molecule has 0 unspecified atom stereocenters. The lowest BCUT2D eigenvalue weighted by atomic mass is 10.1. The van der Waals surface area contributed by atoms with E-state index in [4.69, 9.17) is 5.11 Å². The minimum atomic E-state index is -0.401. The van der Waals surface area contributed by atoms with E-state index in [1.807, 2.05) is 0 Å². The van der Waals surface area contributed by atoms with Crippen LogP contribution in [-0.2, 0) is 11.2 Å². The molecule has 1 fully saturated rings. The molecule has 4 rings (SSSR count). The highest BCUT2D eigenvalue weighted by molar-refractivity contribution is 5.97. The Hall–Kier alpha value is -2.74. The van der Waals surface area contributed by atoms with Crippen molar-refractivity contribution in [1.82, 2.24) is 20.2 Å². The summed E-state index contributed by atoms with van der Waals surface area (Å²) in [6.07, 6.45) is 3.59. The molecule has 1 amide bonds. The molecule has 7 nitrogen and oxygen atoms in total. The fourth-order valence-electron chi connectivity index (χ4n) is 2.65. The summed E-state index contributed by atoms with van der Waals surface area (Å²) in [6.45, 7) is -0.124. The number of carbonyl (C=O) groups is 1. The third-order valence-corrected chi connectivity index (χ3v) is 4.11. The summed E-state index contributed by atoms with van der Waals surface area (Å²) in [6, 6.07) is 2.97. The van der Waals surface area contributed by atoms with Crippen molar-refractivity contribution < 1.29 is 14.3 Å². The summed E-state index contributed by atoms with van der Waals surface area (Å²) >= 11 is 0. The third-order valence-electron chi connectivity index (χ3n) is 4.11. The topological polar surface area (TPSA) is 107 Å². The molecule has 1 aromatic carbocycles. The number of H-pyrrole nitrogens is 2. The molecule has 4 N–H and O–H groups in total. The van der Waals surface area contributed by atoms with E-state index >= 15 is 0 Å². The molecular formula is C16H16FN5O2. The van der Waals surface area contributed by atoms with Crippen LogP contribution in [0.25, 0.3) is 22.6 Å². The lowest BCUT2D eigenvalue weighted by molar-refractivity contribution is -0.117. The zero-order valence-corrected chi connectivity index (χ0v) is 12.8. The van der Waals surface area contributed by atoms with Gasteiger partial charge >= 0.3 is 0 Å². The van der Waals surface area contributed by atoms with E-state index in [0.717, 1.165) is 12.8 Å². The highest BCUT2D eigenvalue weighted by atomic mass is 19.1. The van der Waals surface area contributed by atoms with Gasteiger partial charge in [0.25, 0.3) is 0 Å².